The number of aromatic nitrogens is 3. The minimum Gasteiger partial charge on any atom is -0.361 e. The third-order valence-electron chi connectivity index (χ3n) is 5.34. The summed E-state index contributed by atoms with van der Waals surface area (Å²) in [5.74, 6) is 2.09. The standard InChI is InChI=1S/C18H29N5O/c1-12(2)21(6)10-16-9-19-18-14(4)22(7-8-23(16)18)11-17-13(3)20-24-15(17)5/h9,12,14H,7-8,10-11H2,1-6H3/t14-/m1/s1. The molecule has 0 aliphatic carbocycles. The summed E-state index contributed by atoms with van der Waals surface area (Å²) >= 11 is 0. The minimum absolute atomic E-state index is 0.297. The summed E-state index contributed by atoms with van der Waals surface area (Å²) in [5, 5.41) is 4.08. The molecule has 0 fully saturated rings. The van der Waals surface area contributed by atoms with Crippen molar-refractivity contribution in [3.05, 3.63) is 34.7 Å². The SMILES string of the molecule is Cc1noc(C)c1CN1CCn2c(CN(C)C(C)C)cnc2[C@H]1C. The minimum atomic E-state index is 0.297. The van der Waals surface area contributed by atoms with E-state index >= 15 is 0 Å². The third-order valence-corrected chi connectivity index (χ3v) is 5.34. The molecule has 0 bridgehead atoms. The summed E-state index contributed by atoms with van der Waals surface area (Å²) in [5.41, 5.74) is 3.51. The van der Waals surface area contributed by atoms with E-state index in [1.807, 2.05) is 20.0 Å². The van der Waals surface area contributed by atoms with Crippen molar-refractivity contribution >= 4 is 0 Å². The second-order valence-corrected chi connectivity index (χ2v) is 7.22. The first kappa shape index (κ1) is 17.2. The van der Waals surface area contributed by atoms with E-state index in [-0.39, 0.29) is 0 Å². The lowest BCUT2D eigenvalue weighted by atomic mass is 10.1. The molecule has 6 nitrogen and oxygen atoms in total. The second kappa shape index (κ2) is 6.69. The van der Waals surface area contributed by atoms with Crippen LogP contribution in [0.5, 0.6) is 0 Å². The first-order chi connectivity index (χ1) is 11.4. The fraction of sp³-hybridized carbons (Fsp3) is 0.667. The molecule has 2 aromatic heterocycles. The van der Waals surface area contributed by atoms with Gasteiger partial charge in [0.15, 0.2) is 0 Å². The van der Waals surface area contributed by atoms with Crippen LogP contribution in [0.4, 0.5) is 0 Å². The van der Waals surface area contributed by atoms with Gasteiger partial charge in [-0.1, -0.05) is 5.16 Å². The maximum Gasteiger partial charge on any atom is 0.138 e. The molecule has 132 valence electrons. The first-order valence-electron chi connectivity index (χ1n) is 8.78. The van der Waals surface area contributed by atoms with Gasteiger partial charge in [-0.05, 0) is 41.7 Å². The van der Waals surface area contributed by atoms with Crippen molar-refractivity contribution in [1.82, 2.24) is 24.5 Å². The lowest BCUT2D eigenvalue weighted by Gasteiger charge is -2.34. The van der Waals surface area contributed by atoms with Gasteiger partial charge in [0.1, 0.15) is 11.6 Å². The van der Waals surface area contributed by atoms with E-state index in [0.717, 1.165) is 37.6 Å². The van der Waals surface area contributed by atoms with Crippen LogP contribution in [0.2, 0.25) is 0 Å². The van der Waals surface area contributed by atoms with Crippen LogP contribution in [0.15, 0.2) is 10.7 Å². The van der Waals surface area contributed by atoms with Crippen LogP contribution in [-0.2, 0) is 19.6 Å². The summed E-state index contributed by atoms with van der Waals surface area (Å²) in [4.78, 5) is 9.55. The number of hydrogen-bond donors (Lipinski definition) is 0. The molecule has 0 spiro atoms. The van der Waals surface area contributed by atoms with E-state index in [1.54, 1.807) is 0 Å². The fourth-order valence-corrected chi connectivity index (χ4v) is 3.32. The van der Waals surface area contributed by atoms with Crippen LogP contribution < -0.4 is 0 Å². The molecule has 1 aliphatic heterocycles. The molecule has 0 saturated heterocycles. The number of nitrogens with zero attached hydrogens (tertiary/aromatic N) is 5. The molecular weight excluding hydrogens is 302 g/mol. The molecule has 0 saturated carbocycles. The zero-order valence-electron chi connectivity index (χ0n) is 15.7. The Morgan fingerprint density at radius 2 is 2.08 bits per heavy atom. The molecule has 24 heavy (non-hydrogen) atoms. The van der Waals surface area contributed by atoms with E-state index < -0.39 is 0 Å². The summed E-state index contributed by atoms with van der Waals surface area (Å²) < 4.78 is 7.70. The zero-order valence-corrected chi connectivity index (χ0v) is 15.7. The maximum absolute atomic E-state index is 5.31. The maximum atomic E-state index is 5.31. The molecule has 0 aromatic carbocycles. The summed E-state index contributed by atoms with van der Waals surface area (Å²) in [6, 6.07) is 0.832. The van der Waals surface area contributed by atoms with Gasteiger partial charge < -0.3 is 9.09 Å². The fourth-order valence-electron chi connectivity index (χ4n) is 3.32. The van der Waals surface area contributed by atoms with Crippen molar-refractivity contribution < 1.29 is 4.52 Å². The summed E-state index contributed by atoms with van der Waals surface area (Å²) in [6.45, 7) is 14.5. The van der Waals surface area contributed by atoms with Gasteiger partial charge in [-0.25, -0.2) is 4.98 Å². The quantitative estimate of drug-likeness (QED) is 0.843. The number of rotatable bonds is 5. The van der Waals surface area contributed by atoms with Crippen LogP contribution in [-0.4, -0.2) is 44.1 Å². The van der Waals surface area contributed by atoms with Crippen molar-refractivity contribution in [2.45, 2.75) is 66.3 Å². The Hall–Kier alpha value is -1.66. The Kier molecular flexibility index (Phi) is 4.78. The Bertz CT molecular complexity index is 683. The molecule has 6 heteroatoms. The average molecular weight is 331 g/mol. The molecule has 1 aliphatic rings. The van der Waals surface area contributed by atoms with Crippen molar-refractivity contribution in [3.8, 4) is 0 Å². The van der Waals surface area contributed by atoms with Crippen LogP contribution >= 0.6 is 0 Å². The van der Waals surface area contributed by atoms with E-state index in [9.17, 15) is 0 Å². The highest BCUT2D eigenvalue weighted by atomic mass is 16.5. The zero-order chi connectivity index (χ0) is 17.4. The molecule has 0 N–H and O–H groups in total. The molecule has 2 aromatic rings. The predicted molar refractivity (Wildman–Crippen MR) is 93.6 cm³/mol. The van der Waals surface area contributed by atoms with Gasteiger partial charge in [0.05, 0.1) is 17.4 Å². The third kappa shape index (κ3) is 3.13. The van der Waals surface area contributed by atoms with Crippen molar-refractivity contribution in [3.63, 3.8) is 0 Å². The van der Waals surface area contributed by atoms with Crippen molar-refractivity contribution in [2.24, 2.45) is 0 Å². The number of imidazole rings is 1. The van der Waals surface area contributed by atoms with E-state index in [1.165, 1.54) is 17.1 Å². The highest BCUT2D eigenvalue weighted by molar-refractivity contribution is 5.21. The van der Waals surface area contributed by atoms with Crippen LogP contribution in [0.25, 0.3) is 0 Å². The van der Waals surface area contributed by atoms with Gasteiger partial charge >= 0.3 is 0 Å². The van der Waals surface area contributed by atoms with Gasteiger partial charge in [0.25, 0.3) is 0 Å². The van der Waals surface area contributed by atoms with E-state index in [4.69, 9.17) is 9.51 Å². The van der Waals surface area contributed by atoms with Crippen LogP contribution in [0, 0.1) is 13.8 Å². The van der Waals surface area contributed by atoms with Gasteiger partial charge in [-0.15, -0.1) is 0 Å². The average Bonchev–Trinajstić information content (AvgIpc) is 3.08. The largest absolute Gasteiger partial charge is 0.361 e. The smallest absolute Gasteiger partial charge is 0.138 e. The van der Waals surface area contributed by atoms with Gasteiger partial charge in [0, 0.05) is 44.0 Å². The predicted octanol–water partition coefficient (Wildman–Crippen LogP) is 2.90. The molecule has 0 unspecified atom stereocenters. The van der Waals surface area contributed by atoms with Crippen molar-refractivity contribution in [1.29, 1.82) is 0 Å². The van der Waals surface area contributed by atoms with Crippen molar-refractivity contribution in [2.75, 3.05) is 13.6 Å². The van der Waals surface area contributed by atoms with E-state index in [0.29, 0.717) is 12.1 Å². The van der Waals surface area contributed by atoms with E-state index in [2.05, 4.69) is 47.3 Å². The Morgan fingerprint density at radius 3 is 2.71 bits per heavy atom. The number of aryl methyl sites for hydroxylation is 2. The molecule has 0 radical (unpaired) electrons. The topological polar surface area (TPSA) is 50.3 Å². The van der Waals surface area contributed by atoms with Gasteiger partial charge in [0.2, 0.25) is 0 Å². The second-order valence-electron chi connectivity index (χ2n) is 7.22. The Labute approximate surface area is 144 Å². The van der Waals surface area contributed by atoms with Crippen LogP contribution in [0.3, 0.4) is 0 Å². The number of fused-ring (bicyclic) bond motifs is 1. The molecular formula is C18H29N5O. The normalized spacial score (nSPS) is 18.6. The first-order valence-corrected chi connectivity index (χ1v) is 8.78. The molecule has 0 amide bonds. The monoisotopic (exact) mass is 331 g/mol. The highest BCUT2D eigenvalue weighted by Gasteiger charge is 2.28. The highest BCUT2D eigenvalue weighted by Crippen LogP contribution is 2.28. The Morgan fingerprint density at radius 1 is 1.33 bits per heavy atom. The molecule has 3 rings (SSSR count). The molecule has 3 heterocycles. The van der Waals surface area contributed by atoms with Gasteiger partial charge in [-0.3, -0.25) is 9.80 Å². The number of hydrogen-bond acceptors (Lipinski definition) is 5. The summed E-state index contributed by atoms with van der Waals surface area (Å²) in [7, 11) is 2.17. The lowest BCUT2D eigenvalue weighted by molar-refractivity contribution is 0.151. The lowest BCUT2D eigenvalue weighted by Crippen LogP contribution is -2.38. The van der Waals surface area contributed by atoms with Gasteiger partial charge in [-0.2, -0.15) is 0 Å². The van der Waals surface area contributed by atoms with Crippen LogP contribution in [0.1, 0.15) is 55.3 Å². The Balaban J connectivity index is 1.77. The summed E-state index contributed by atoms with van der Waals surface area (Å²) in [6.07, 6.45) is 2.05. The molecule has 1 atom stereocenters.